The van der Waals surface area contributed by atoms with Crippen molar-refractivity contribution in [3.63, 3.8) is 0 Å². The first-order chi connectivity index (χ1) is 13.7. The second-order valence-corrected chi connectivity index (χ2v) is 8.35. The van der Waals surface area contributed by atoms with Crippen LogP contribution in [0.3, 0.4) is 0 Å². The Hall–Kier alpha value is -2.36. The van der Waals surface area contributed by atoms with Gasteiger partial charge in [-0.15, -0.1) is 0 Å². The van der Waals surface area contributed by atoms with Gasteiger partial charge < -0.3 is 4.57 Å². The molecule has 3 heteroatoms. The molecule has 1 nitrogen and oxygen atoms in total. The topological polar surface area (TPSA) is 4.93 Å². The molecule has 0 aliphatic carbocycles. The van der Waals surface area contributed by atoms with Gasteiger partial charge in [-0.2, -0.15) is 0 Å². The maximum atomic E-state index is 3.63. The molecule has 0 amide bonds. The minimum absolute atomic E-state index is 1.08. The number of benzene rings is 3. The van der Waals surface area contributed by atoms with Crippen LogP contribution in [0.5, 0.6) is 0 Å². The fourth-order valence-electron chi connectivity index (χ4n) is 3.42. The molecule has 0 aliphatic heterocycles. The molecular weight excluding hydrogens is 474 g/mol. The first-order valence-electron chi connectivity index (χ1n) is 9.13. The smallest absolute Gasteiger partial charge is 0.0541 e. The Labute approximate surface area is 181 Å². The van der Waals surface area contributed by atoms with Gasteiger partial charge in [-0.25, -0.2) is 0 Å². The molecule has 3 aromatic carbocycles. The monoisotopic (exact) mass is 491 g/mol. The zero-order valence-electron chi connectivity index (χ0n) is 15.4. The molecule has 0 aliphatic rings. The zero-order chi connectivity index (χ0) is 19.5. The van der Waals surface area contributed by atoms with E-state index in [1.165, 1.54) is 27.4 Å². The number of hydrogen-bond acceptors (Lipinski definition) is 0. The third-order valence-electron chi connectivity index (χ3n) is 4.63. The second kappa shape index (κ2) is 8.34. The summed E-state index contributed by atoms with van der Waals surface area (Å²) in [6.45, 7) is 2.03. The maximum Gasteiger partial charge on any atom is 0.0541 e. The van der Waals surface area contributed by atoms with Crippen molar-refractivity contribution in [1.29, 1.82) is 0 Å². The largest absolute Gasteiger partial charge is 0.309 e. The fourth-order valence-corrected chi connectivity index (χ4v) is 4.14. The predicted octanol–water partition coefficient (Wildman–Crippen LogP) is 8.45. The van der Waals surface area contributed by atoms with Gasteiger partial charge in [0.25, 0.3) is 0 Å². The van der Waals surface area contributed by atoms with E-state index in [-0.39, 0.29) is 0 Å². The lowest BCUT2D eigenvalue weighted by Gasteiger charge is -2.10. The van der Waals surface area contributed by atoms with E-state index in [1.54, 1.807) is 0 Å². The summed E-state index contributed by atoms with van der Waals surface area (Å²) in [4.78, 5) is 0. The minimum atomic E-state index is 1.08. The Morgan fingerprint density at radius 2 is 1.39 bits per heavy atom. The van der Waals surface area contributed by atoms with Crippen LogP contribution >= 0.6 is 31.9 Å². The molecule has 0 saturated heterocycles. The quantitative estimate of drug-likeness (QED) is 0.252. The number of nitrogens with zero attached hydrogens (tertiary/aromatic N) is 1. The van der Waals surface area contributed by atoms with Crippen LogP contribution in [-0.2, 0) is 0 Å². The van der Waals surface area contributed by atoms with Gasteiger partial charge in [-0.05, 0) is 61.0 Å². The summed E-state index contributed by atoms with van der Waals surface area (Å²) in [7, 11) is 0. The Morgan fingerprint density at radius 1 is 0.786 bits per heavy atom. The third kappa shape index (κ3) is 3.78. The Balaban J connectivity index is 2.06. The normalized spacial score (nSPS) is 12.8. The van der Waals surface area contributed by atoms with Crippen LogP contribution in [0.4, 0.5) is 0 Å². The average Bonchev–Trinajstić information content (AvgIpc) is 3.01. The lowest BCUT2D eigenvalue weighted by Crippen LogP contribution is -1.94. The number of allylic oxidation sites excluding steroid dienone is 5. The van der Waals surface area contributed by atoms with Gasteiger partial charge in [0.1, 0.15) is 0 Å². The third-order valence-corrected chi connectivity index (χ3v) is 5.62. The number of rotatable bonds is 4. The molecule has 4 rings (SSSR count). The van der Waals surface area contributed by atoms with E-state index < -0.39 is 0 Å². The van der Waals surface area contributed by atoms with Crippen LogP contribution in [0.15, 0.2) is 100.0 Å². The molecule has 28 heavy (non-hydrogen) atoms. The summed E-state index contributed by atoms with van der Waals surface area (Å²) in [6.07, 6.45) is 10.6. The molecule has 0 radical (unpaired) electrons. The SMILES string of the molecule is C\C=C/C=C\C(=C\c1ccccc1)n1c2ccc(Br)cc2c2cc(Br)ccc21. The highest BCUT2D eigenvalue weighted by molar-refractivity contribution is 9.10. The summed E-state index contributed by atoms with van der Waals surface area (Å²) in [5.41, 5.74) is 4.66. The Kier molecular flexibility index (Phi) is 5.65. The van der Waals surface area contributed by atoms with Crippen molar-refractivity contribution in [2.24, 2.45) is 0 Å². The van der Waals surface area contributed by atoms with E-state index in [9.17, 15) is 0 Å². The van der Waals surface area contributed by atoms with Gasteiger partial charge in [-0.3, -0.25) is 0 Å². The molecular formula is C25H19Br2N. The van der Waals surface area contributed by atoms with Crippen molar-refractivity contribution in [2.45, 2.75) is 6.92 Å². The summed E-state index contributed by atoms with van der Waals surface area (Å²) < 4.78 is 4.49. The van der Waals surface area contributed by atoms with Crippen molar-refractivity contribution >= 4 is 65.4 Å². The van der Waals surface area contributed by atoms with Gasteiger partial charge in [0, 0.05) is 25.4 Å². The molecule has 0 atom stereocenters. The first kappa shape index (κ1) is 19.0. The lowest BCUT2D eigenvalue weighted by molar-refractivity contribution is 1.24. The number of hydrogen-bond donors (Lipinski definition) is 0. The van der Waals surface area contributed by atoms with E-state index in [0.29, 0.717) is 0 Å². The van der Waals surface area contributed by atoms with Crippen LogP contribution in [-0.4, -0.2) is 4.57 Å². The summed E-state index contributed by atoms with van der Waals surface area (Å²) >= 11 is 7.26. The van der Waals surface area contributed by atoms with Gasteiger partial charge in [-0.1, -0.05) is 80.4 Å². The van der Waals surface area contributed by atoms with Crippen LogP contribution in [0.25, 0.3) is 33.6 Å². The van der Waals surface area contributed by atoms with Crippen molar-refractivity contribution in [3.8, 4) is 0 Å². The van der Waals surface area contributed by atoms with E-state index in [4.69, 9.17) is 0 Å². The average molecular weight is 493 g/mol. The first-order valence-corrected chi connectivity index (χ1v) is 10.7. The number of aromatic nitrogens is 1. The summed E-state index contributed by atoms with van der Waals surface area (Å²) in [5, 5.41) is 2.45. The highest BCUT2D eigenvalue weighted by Crippen LogP contribution is 2.35. The lowest BCUT2D eigenvalue weighted by atomic mass is 10.2. The molecule has 138 valence electrons. The van der Waals surface area contributed by atoms with Crippen molar-refractivity contribution in [2.75, 3.05) is 0 Å². The summed E-state index contributed by atoms with van der Waals surface area (Å²) in [6, 6.07) is 23.4. The van der Waals surface area contributed by atoms with E-state index in [0.717, 1.165) is 14.6 Å². The van der Waals surface area contributed by atoms with Crippen LogP contribution in [0, 0.1) is 0 Å². The second-order valence-electron chi connectivity index (χ2n) is 6.52. The molecule has 1 heterocycles. The molecule has 1 aromatic heterocycles. The van der Waals surface area contributed by atoms with Gasteiger partial charge in [0.15, 0.2) is 0 Å². The van der Waals surface area contributed by atoms with Gasteiger partial charge >= 0.3 is 0 Å². The van der Waals surface area contributed by atoms with Crippen LogP contribution < -0.4 is 0 Å². The molecule has 4 aromatic rings. The van der Waals surface area contributed by atoms with Gasteiger partial charge in [0.2, 0.25) is 0 Å². The van der Waals surface area contributed by atoms with Crippen LogP contribution in [0.2, 0.25) is 0 Å². The van der Waals surface area contributed by atoms with Crippen LogP contribution in [0.1, 0.15) is 12.5 Å². The Bertz CT molecular complexity index is 1170. The van der Waals surface area contributed by atoms with Gasteiger partial charge in [0.05, 0.1) is 11.0 Å². The van der Waals surface area contributed by atoms with E-state index in [2.05, 4.69) is 121 Å². The molecule has 0 spiro atoms. The fraction of sp³-hybridized carbons (Fsp3) is 0.0400. The van der Waals surface area contributed by atoms with Crippen molar-refractivity contribution < 1.29 is 0 Å². The van der Waals surface area contributed by atoms with Crippen molar-refractivity contribution in [1.82, 2.24) is 4.57 Å². The highest BCUT2D eigenvalue weighted by atomic mass is 79.9. The molecule has 0 fully saturated rings. The molecule has 0 N–H and O–H groups in total. The maximum absolute atomic E-state index is 3.63. The standard InChI is InChI=1S/C25H19Br2N/c1-2-3-5-10-21(15-18-8-6-4-7-9-18)28-24-13-11-19(26)16-22(24)23-17-20(27)12-14-25(23)28/h2-17H,1H3/b3-2-,10-5-,21-15-. The molecule has 0 bridgehead atoms. The highest BCUT2D eigenvalue weighted by Gasteiger charge is 2.13. The number of fused-ring (bicyclic) bond motifs is 3. The summed E-state index contributed by atoms with van der Waals surface area (Å²) in [5.74, 6) is 0. The van der Waals surface area contributed by atoms with E-state index >= 15 is 0 Å². The minimum Gasteiger partial charge on any atom is -0.309 e. The van der Waals surface area contributed by atoms with Crippen molar-refractivity contribution in [3.05, 3.63) is 106 Å². The number of halogens is 2. The van der Waals surface area contributed by atoms with E-state index in [1.807, 2.05) is 19.1 Å². The predicted molar refractivity (Wildman–Crippen MR) is 129 cm³/mol. The zero-order valence-corrected chi connectivity index (χ0v) is 18.6. The molecule has 0 saturated carbocycles. The Morgan fingerprint density at radius 3 is 1.96 bits per heavy atom. The molecule has 0 unspecified atom stereocenters.